The molecule has 64 heavy (non-hydrogen) atoms. The van der Waals surface area contributed by atoms with Crippen molar-refractivity contribution in [3.63, 3.8) is 0 Å². The highest BCUT2D eigenvalue weighted by Gasteiger charge is 2.51. The van der Waals surface area contributed by atoms with Crippen LogP contribution >= 0.6 is 0 Å². The van der Waals surface area contributed by atoms with Gasteiger partial charge < -0.3 is 4.57 Å². The Balaban J connectivity index is 0.987. The number of hydrogen-bond acceptors (Lipinski definition) is 0. The number of rotatable bonds is 4. The summed E-state index contributed by atoms with van der Waals surface area (Å²) in [6, 6.07) is 88.3. The summed E-state index contributed by atoms with van der Waals surface area (Å²) < 4.78 is 2.49. The predicted octanol–water partition coefficient (Wildman–Crippen LogP) is 16.4. The number of benzene rings is 11. The number of nitrogens with zero attached hydrogens (tertiary/aromatic N) is 1. The Bertz CT molecular complexity index is 3830. The van der Waals surface area contributed by atoms with Crippen molar-refractivity contribution in [1.29, 1.82) is 0 Å². The molecule has 12 aromatic rings. The predicted molar refractivity (Wildman–Crippen MR) is 268 cm³/mol. The van der Waals surface area contributed by atoms with E-state index in [9.17, 15) is 0 Å². The van der Waals surface area contributed by atoms with Crippen molar-refractivity contribution < 1.29 is 0 Å². The van der Waals surface area contributed by atoms with Gasteiger partial charge in [-0.3, -0.25) is 0 Å². The molecular formula is C63H39N. The second-order valence-electron chi connectivity index (χ2n) is 17.5. The lowest BCUT2D eigenvalue weighted by Crippen LogP contribution is -2.26. The van der Waals surface area contributed by atoms with Crippen LogP contribution in [0.25, 0.3) is 105 Å². The van der Waals surface area contributed by atoms with Crippen LogP contribution in [0, 0.1) is 0 Å². The minimum Gasteiger partial charge on any atom is -0.309 e. The maximum Gasteiger partial charge on any atom is 0.0726 e. The van der Waals surface area contributed by atoms with Crippen molar-refractivity contribution in [2.45, 2.75) is 5.41 Å². The third kappa shape index (κ3) is 4.73. The molecule has 0 unspecified atom stereocenters. The first kappa shape index (κ1) is 35.3. The first-order valence-electron chi connectivity index (χ1n) is 22.3. The van der Waals surface area contributed by atoms with Gasteiger partial charge in [-0.1, -0.05) is 200 Å². The molecule has 0 radical (unpaired) electrons. The van der Waals surface area contributed by atoms with E-state index in [-0.39, 0.29) is 0 Å². The summed E-state index contributed by atoms with van der Waals surface area (Å²) in [5.41, 5.74) is 21.3. The van der Waals surface area contributed by atoms with Crippen LogP contribution < -0.4 is 0 Å². The van der Waals surface area contributed by atoms with Gasteiger partial charge in [0.25, 0.3) is 0 Å². The summed E-state index contributed by atoms with van der Waals surface area (Å²) in [6.07, 6.45) is 0. The van der Waals surface area contributed by atoms with Crippen LogP contribution in [-0.2, 0) is 5.41 Å². The lowest BCUT2D eigenvalue weighted by molar-refractivity contribution is 0.792. The van der Waals surface area contributed by atoms with Crippen molar-refractivity contribution in [1.82, 2.24) is 4.57 Å². The third-order valence-corrected chi connectivity index (χ3v) is 14.4. The molecule has 0 amide bonds. The SMILES string of the molecule is c1ccc(-c2c3ccccc3c(-c3ccccc3)c3cc(-c4ccc5c(c4)c4ccccc4n5-c4ccc5c(c4)C4(c6ccccc6-c6ccccc64)c4ccccc4-5)ccc23)cc1. The lowest BCUT2D eigenvalue weighted by Gasteiger charge is -2.30. The van der Waals surface area contributed by atoms with Gasteiger partial charge in [-0.25, -0.2) is 0 Å². The summed E-state index contributed by atoms with van der Waals surface area (Å²) in [4.78, 5) is 0. The van der Waals surface area contributed by atoms with E-state index in [1.807, 2.05) is 0 Å². The summed E-state index contributed by atoms with van der Waals surface area (Å²) in [5.74, 6) is 0. The van der Waals surface area contributed by atoms with Crippen LogP contribution in [0.15, 0.2) is 237 Å². The smallest absolute Gasteiger partial charge is 0.0726 e. The van der Waals surface area contributed by atoms with E-state index in [0.717, 1.165) is 0 Å². The highest BCUT2D eigenvalue weighted by Crippen LogP contribution is 2.63. The van der Waals surface area contributed by atoms with Gasteiger partial charge in [0.1, 0.15) is 0 Å². The van der Waals surface area contributed by atoms with E-state index in [2.05, 4.69) is 241 Å². The Morgan fingerprint density at radius 1 is 0.250 bits per heavy atom. The zero-order valence-corrected chi connectivity index (χ0v) is 35.0. The van der Waals surface area contributed by atoms with Gasteiger partial charge in [-0.2, -0.15) is 0 Å². The molecule has 1 heteroatoms. The van der Waals surface area contributed by atoms with E-state index in [0.29, 0.717) is 0 Å². The van der Waals surface area contributed by atoms with Crippen molar-refractivity contribution in [2.75, 3.05) is 0 Å². The molecule has 1 heterocycles. The van der Waals surface area contributed by atoms with Crippen molar-refractivity contribution in [3.05, 3.63) is 259 Å². The first-order chi connectivity index (χ1) is 31.8. The zero-order chi connectivity index (χ0) is 41.9. The summed E-state index contributed by atoms with van der Waals surface area (Å²) >= 11 is 0. The Morgan fingerprint density at radius 2 is 0.688 bits per heavy atom. The van der Waals surface area contributed by atoms with Crippen LogP contribution in [0.5, 0.6) is 0 Å². The normalized spacial score (nSPS) is 13.1. The van der Waals surface area contributed by atoms with Gasteiger partial charge in [0.05, 0.1) is 16.4 Å². The van der Waals surface area contributed by atoms with Crippen LogP contribution in [0.4, 0.5) is 0 Å². The number of hydrogen-bond donors (Lipinski definition) is 0. The van der Waals surface area contributed by atoms with Crippen LogP contribution in [0.3, 0.4) is 0 Å². The topological polar surface area (TPSA) is 4.93 Å². The molecule has 0 saturated carbocycles. The molecule has 1 spiro atoms. The number of aromatic nitrogens is 1. The molecule has 2 aliphatic rings. The van der Waals surface area contributed by atoms with Crippen LogP contribution in [-0.4, -0.2) is 4.57 Å². The van der Waals surface area contributed by atoms with Crippen LogP contribution in [0.1, 0.15) is 22.3 Å². The minimum atomic E-state index is -0.401. The van der Waals surface area contributed by atoms with Gasteiger partial charge in [0, 0.05) is 16.5 Å². The van der Waals surface area contributed by atoms with Gasteiger partial charge in [0.15, 0.2) is 0 Å². The van der Waals surface area contributed by atoms with Gasteiger partial charge >= 0.3 is 0 Å². The molecule has 2 aliphatic carbocycles. The lowest BCUT2D eigenvalue weighted by atomic mass is 9.70. The molecule has 0 fully saturated rings. The van der Waals surface area contributed by atoms with E-state index in [1.54, 1.807) is 0 Å². The monoisotopic (exact) mass is 809 g/mol. The van der Waals surface area contributed by atoms with Crippen LogP contribution in [0.2, 0.25) is 0 Å². The molecule has 296 valence electrons. The highest BCUT2D eigenvalue weighted by atomic mass is 15.0. The Kier molecular flexibility index (Phi) is 7.38. The van der Waals surface area contributed by atoms with Gasteiger partial charge in [0.2, 0.25) is 0 Å². The molecule has 0 saturated heterocycles. The standard InChI is InChI=1S/C63H39N/c1-3-17-40(18-4-1)61-50-25-7-8-26-51(50)62(41-19-5-2-6-20-41)54-38-42(31-34-52(54)61)43-32-36-60-53(37-43)49-24-12-16-30-59(49)64(60)44-33-35-48-47-23-11-15-29-57(47)63(58(48)39-44)55-27-13-9-21-45(55)46-22-10-14-28-56(46)63/h1-39H. The Labute approximate surface area is 371 Å². The fourth-order valence-corrected chi connectivity index (χ4v) is 11.8. The van der Waals surface area contributed by atoms with Gasteiger partial charge in [-0.15, -0.1) is 0 Å². The Hall–Kier alpha value is -8.26. The minimum absolute atomic E-state index is 0.401. The molecule has 0 N–H and O–H groups in total. The summed E-state index contributed by atoms with van der Waals surface area (Å²) in [7, 11) is 0. The van der Waals surface area contributed by atoms with E-state index >= 15 is 0 Å². The maximum absolute atomic E-state index is 2.50. The second kappa shape index (κ2) is 13.4. The average molecular weight is 810 g/mol. The van der Waals surface area contributed by atoms with Crippen molar-refractivity contribution in [2.24, 2.45) is 0 Å². The van der Waals surface area contributed by atoms with E-state index in [4.69, 9.17) is 0 Å². The zero-order valence-electron chi connectivity index (χ0n) is 35.0. The highest BCUT2D eigenvalue weighted by molar-refractivity contribution is 6.22. The Morgan fingerprint density at radius 3 is 1.30 bits per heavy atom. The van der Waals surface area contributed by atoms with E-state index in [1.165, 1.54) is 127 Å². The van der Waals surface area contributed by atoms with E-state index < -0.39 is 5.41 Å². The molecule has 0 aliphatic heterocycles. The number of fused-ring (bicyclic) bond motifs is 15. The first-order valence-corrected chi connectivity index (χ1v) is 22.3. The molecule has 1 aromatic heterocycles. The quantitative estimate of drug-likeness (QED) is 0.156. The maximum atomic E-state index is 2.50. The van der Waals surface area contributed by atoms with Crippen molar-refractivity contribution >= 4 is 43.4 Å². The largest absolute Gasteiger partial charge is 0.309 e. The van der Waals surface area contributed by atoms with Gasteiger partial charge in [-0.05, 0) is 136 Å². The number of para-hydroxylation sites is 1. The molecule has 0 bridgehead atoms. The summed E-state index contributed by atoms with van der Waals surface area (Å²) in [5, 5.41) is 7.54. The molecule has 14 rings (SSSR count). The fraction of sp³-hybridized carbons (Fsp3) is 0.0159. The molecule has 0 atom stereocenters. The average Bonchev–Trinajstić information content (AvgIpc) is 3.97. The summed E-state index contributed by atoms with van der Waals surface area (Å²) in [6.45, 7) is 0. The fourth-order valence-electron chi connectivity index (χ4n) is 11.8. The molecule has 1 nitrogen and oxygen atoms in total. The molecule has 11 aromatic carbocycles. The molecular weight excluding hydrogens is 771 g/mol. The van der Waals surface area contributed by atoms with Crippen molar-refractivity contribution in [3.8, 4) is 61.3 Å². The second-order valence-corrected chi connectivity index (χ2v) is 17.5. The third-order valence-electron chi connectivity index (χ3n) is 14.4.